The minimum Gasteiger partial charge on any atom is -0.343 e. The van der Waals surface area contributed by atoms with Crippen molar-refractivity contribution in [1.29, 1.82) is 0 Å². The topological polar surface area (TPSA) is 81.3 Å². The SMILES string of the molecule is O=C1NC2(CC2)Cn2nc3ccc(-c4cn5ccc(C6CC6)nc5c(Br)c4=O)cc3c21. The maximum Gasteiger partial charge on any atom is 0.270 e. The number of hydrogen-bond acceptors (Lipinski definition) is 4. The zero-order valence-electron chi connectivity index (χ0n) is 16.6. The van der Waals surface area contributed by atoms with Crippen molar-refractivity contribution in [1.82, 2.24) is 24.5 Å². The van der Waals surface area contributed by atoms with Crippen molar-refractivity contribution in [3.8, 4) is 11.1 Å². The van der Waals surface area contributed by atoms with Gasteiger partial charge in [0.05, 0.1) is 17.6 Å². The van der Waals surface area contributed by atoms with Gasteiger partial charge < -0.3 is 9.72 Å². The molecule has 8 heteroatoms. The third-order valence-electron chi connectivity index (χ3n) is 6.74. The third-order valence-corrected chi connectivity index (χ3v) is 7.45. The second kappa shape index (κ2) is 5.82. The van der Waals surface area contributed by atoms with Crippen LogP contribution in [0.3, 0.4) is 0 Å². The fraction of sp³-hybridized carbons (Fsp3) is 0.304. The number of carbonyl (C=O) groups excluding carboxylic acids is 1. The Kier molecular flexibility index (Phi) is 3.32. The summed E-state index contributed by atoms with van der Waals surface area (Å²) in [6, 6.07) is 7.72. The molecule has 7 nitrogen and oxygen atoms in total. The highest BCUT2D eigenvalue weighted by atomic mass is 79.9. The van der Waals surface area contributed by atoms with Crippen molar-refractivity contribution in [2.75, 3.05) is 0 Å². The van der Waals surface area contributed by atoms with Crippen LogP contribution in [0.4, 0.5) is 0 Å². The summed E-state index contributed by atoms with van der Waals surface area (Å²) in [5.41, 5.74) is 4.12. The zero-order valence-corrected chi connectivity index (χ0v) is 18.1. The summed E-state index contributed by atoms with van der Waals surface area (Å²) in [5, 5.41) is 8.56. The summed E-state index contributed by atoms with van der Waals surface area (Å²) in [7, 11) is 0. The molecule has 0 unspecified atom stereocenters. The fourth-order valence-corrected chi connectivity index (χ4v) is 5.16. The van der Waals surface area contributed by atoms with Gasteiger partial charge in [-0.05, 0) is 65.4 Å². The van der Waals surface area contributed by atoms with E-state index in [0.717, 1.165) is 47.8 Å². The molecule has 0 bridgehead atoms. The lowest BCUT2D eigenvalue weighted by molar-refractivity contribution is 0.0889. The third kappa shape index (κ3) is 2.57. The smallest absolute Gasteiger partial charge is 0.270 e. The molecular weight excluding hydrogens is 458 g/mol. The van der Waals surface area contributed by atoms with E-state index in [1.54, 1.807) is 0 Å². The van der Waals surface area contributed by atoms with Crippen LogP contribution in [-0.4, -0.2) is 30.6 Å². The average Bonchev–Trinajstić information content (AvgIpc) is 3.68. The van der Waals surface area contributed by atoms with Gasteiger partial charge >= 0.3 is 0 Å². The monoisotopic (exact) mass is 475 g/mol. The van der Waals surface area contributed by atoms with Crippen molar-refractivity contribution in [2.24, 2.45) is 0 Å². The zero-order chi connectivity index (χ0) is 20.9. The van der Waals surface area contributed by atoms with Gasteiger partial charge in [0.25, 0.3) is 5.91 Å². The molecular formula is C23H18BrN5O2. The Balaban J connectivity index is 1.40. The van der Waals surface area contributed by atoms with E-state index in [9.17, 15) is 9.59 Å². The first kappa shape index (κ1) is 17.7. The quantitative estimate of drug-likeness (QED) is 0.479. The number of nitrogens with one attached hydrogen (secondary N) is 1. The lowest BCUT2D eigenvalue weighted by atomic mass is 10.0. The van der Waals surface area contributed by atoms with E-state index >= 15 is 0 Å². The molecule has 1 amide bonds. The summed E-state index contributed by atoms with van der Waals surface area (Å²) in [4.78, 5) is 30.7. The molecule has 2 aliphatic carbocycles. The van der Waals surface area contributed by atoms with Crippen LogP contribution in [0.25, 0.3) is 27.7 Å². The van der Waals surface area contributed by atoms with Gasteiger partial charge in [0.2, 0.25) is 5.43 Å². The maximum absolute atomic E-state index is 13.2. The molecule has 3 aromatic heterocycles. The van der Waals surface area contributed by atoms with Gasteiger partial charge in [-0.2, -0.15) is 5.10 Å². The summed E-state index contributed by atoms with van der Waals surface area (Å²) < 4.78 is 4.17. The number of nitrogens with zero attached hydrogens (tertiary/aromatic N) is 4. The maximum atomic E-state index is 13.2. The van der Waals surface area contributed by atoms with Crippen LogP contribution in [0, 0.1) is 0 Å². The molecule has 7 rings (SSSR count). The van der Waals surface area contributed by atoms with E-state index in [-0.39, 0.29) is 16.9 Å². The van der Waals surface area contributed by atoms with Gasteiger partial charge in [0, 0.05) is 35.0 Å². The molecule has 31 heavy (non-hydrogen) atoms. The molecule has 2 saturated carbocycles. The molecule has 1 aliphatic heterocycles. The average molecular weight is 476 g/mol. The van der Waals surface area contributed by atoms with E-state index in [0.29, 0.717) is 33.8 Å². The Morgan fingerprint density at radius 3 is 2.77 bits per heavy atom. The van der Waals surface area contributed by atoms with Crippen LogP contribution in [0.1, 0.15) is 47.8 Å². The largest absolute Gasteiger partial charge is 0.343 e. The lowest BCUT2D eigenvalue weighted by Gasteiger charge is -2.24. The van der Waals surface area contributed by atoms with Crippen LogP contribution in [0.15, 0.2) is 45.9 Å². The molecule has 1 spiro atoms. The molecule has 4 heterocycles. The number of hydrogen-bond donors (Lipinski definition) is 1. The highest BCUT2D eigenvalue weighted by Gasteiger charge is 2.48. The van der Waals surface area contributed by atoms with Gasteiger partial charge in [0.1, 0.15) is 10.2 Å². The molecule has 0 atom stereocenters. The predicted molar refractivity (Wildman–Crippen MR) is 119 cm³/mol. The van der Waals surface area contributed by atoms with Crippen molar-refractivity contribution in [3.63, 3.8) is 0 Å². The van der Waals surface area contributed by atoms with Crippen LogP contribution in [0.2, 0.25) is 0 Å². The Morgan fingerprint density at radius 2 is 2.00 bits per heavy atom. The Bertz CT molecular complexity index is 1510. The summed E-state index contributed by atoms with van der Waals surface area (Å²) in [6.07, 6.45) is 8.10. The minimum absolute atomic E-state index is 0.0865. The highest BCUT2D eigenvalue weighted by molar-refractivity contribution is 9.10. The van der Waals surface area contributed by atoms with Crippen LogP contribution < -0.4 is 10.7 Å². The molecule has 1 aromatic carbocycles. The highest BCUT2D eigenvalue weighted by Crippen LogP contribution is 2.41. The lowest BCUT2D eigenvalue weighted by Crippen LogP contribution is -2.46. The van der Waals surface area contributed by atoms with Crippen LogP contribution >= 0.6 is 15.9 Å². The summed E-state index contributed by atoms with van der Waals surface area (Å²) >= 11 is 3.49. The van der Waals surface area contributed by atoms with E-state index in [1.807, 2.05) is 45.7 Å². The van der Waals surface area contributed by atoms with Crippen LogP contribution in [0.5, 0.6) is 0 Å². The second-order valence-electron chi connectivity index (χ2n) is 9.02. The molecule has 2 fully saturated rings. The number of benzene rings is 1. The number of rotatable bonds is 2. The second-order valence-corrected chi connectivity index (χ2v) is 9.81. The normalized spacial score (nSPS) is 19.1. The van der Waals surface area contributed by atoms with Gasteiger partial charge in [-0.3, -0.25) is 14.3 Å². The van der Waals surface area contributed by atoms with E-state index in [1.165, 1.54) is 0 Å². The number of carbonyl (C=O) groups is 1. The Labute approximate surface area is 185 Å². The van der Waals surface area contributed by atoms with E-state index < -0.39 is 0 Å². The van der Waals surface area contributed by atoms with Crippen molar-refractivity contribution in [3.05, 3.63) is 62.7 Å². The number of fused-ring (bicyclic) bond motifs is 4. The first-order valence-electron chi connectivity index (χ1n) is 10.6. The van der Waals surface area contributed by atoms with Gasteiger partial charge in [-0.25, -0.2) is 4.98 Å². The van der Waals surface area contributed by atoms with Crippen molar-refractivity contribution in [2.45, 2.75) is 43.7 Å². The minimum atomic E-state index is -0.109. The number of halogens is 1. The molecule has 154 valence electrons. The van der Waals surface area contributed by atoms with Gasteiger partial charge in [0.15, 0.2) is 5.65 Å². The van der Waals surface area contributed by atoms with E-state index in [2.05, 4.69) is 26.3 Å². The number of pyridine rings is 1. The standard InChI is InChI=1S/C23H18BrN5O2/c24-18-20(30)15(10-28-8-5-16(12-1-2-12)25-21(18)28)13-3-4-17-14(9-13)19-22(31)26-23(6-7-23)11-29(19)27-17/h3-5,8-10,12H,1-2,6-7,11H2,(H,26,31). The molecule has 4 aromatic rings. The molecule has 1 N–H and O–H groups in total. The summed E-state index contributed by atoms with van der Waals surface area (Å²) in [6.45, 7) is 0.706. The number of aromatic nitrogens is 4. The van der Waals surface area contributed by atoms with Crippen LogP contribution in [-0.2, 0) is 6.54 Å². The first-order valence-corrected chi connectivity index (χ1v) is 11.4. The van der Waals surface area contributed by atoms with Gasteiger partial charge in [-0.15, -0.1) is 0 Å². The summed E-state index contributed by atoms with van der Waals surface area (Å²) in [5.74, 6) is 0.431. The van der Waals surface area contributed by atoms with Crippen molar-refractivity contribution >= 4 is 38.4 Å². The predicted octanol–water partition coefficient (Wildman–Crippen LogP) is 3.63. The molecule has 0 saturated heterocycles. The van der Waals surface area contributed by atoms with E-state index in [4.69, 9.17) is 4.98 Å². The Hall–Kier alpha value is -3.00. The molecule has 3 aliphatic rings. The van der Waals surface area contributed by atoms with Crippen molar-refractivity contribution < 1.29 is 4.79 Å². The Morgan fingerprint density at radius 1 is 1.16 bits per heavy atom. The fourth-order valence-electron chi connectivity index (χ4n) is 4.65. The molecule has 0 radical (unpaired) electrons. The van der Waals surface area contributed by atoms with Gasteiger partial charge in [-0.1, -0.05) is 6.07 Å². The first-order chi connectivity index (χ1) is 15.0. The number of amides is 1.